The summed E-state index contributed by atoms with van der Waals surface area (Å²) in [7, 11) is -3.69. The number of hydrazone groups is 1. The van der Waals surface area contributed by atoms with Crippen molar-refractivity contribution in [2.24, 2.45) is 5.10 Å². The standard InChI is InChI=1S/C19H21N3O5S/c1-14(15-4-2-6-17(23)12-15)20-21-19(24)16-5-3-7-18(13-16)28(25,26)22-8-10-27-11-9-22/h2-7,12-13,23H,8-11H2,1H3,(H,21,24)/b20-14+. The van der Waals surface area contributed by atoms with Crippen molar-refractivity contribution >= 4 is 21.6 Å². The van der Waals surface area contributed by atoms with Crippen LogP contribution in [0.25, 0.3) is 0 Å². The molecule has 0 saturated carbocycles. The summed E-state index contributed by atoms with van der Waals surface area (Å²) in [5, 5.41) is 13.5. The highest BCUT2D eigenvalue weighted by Crippen LogP contribution is 2.18. The van der Waals surface area contributed by atoms with Crippen LogP contribution in [0.3, 0.4) is 0 Å². The van der Waals surface area contributed by atoms with Crippen molar-refractivity contribution < 1.29 is 23.1 Å². The summed E-state index contributed by atoms with van der Waals surface area (Å²) in [5.74, 6) is -0.432. The van der Waals surface area contributed by atoms with Gasteiger partial charge < -0.3 is 9.84 Å². The van der Waals surface area contributed by atoms with Gasteiger partial charge in [-0.3, -0.25) is 4.79 Å². The van der Waals surface area contributed by atoms with Crippen molar-refractivity contribution in [1.82, 2.24) is 9.73 Å². The highest BCUT2D eigenvalue weighted by atomic mass is 32.2. The van der Waals surface area contributed by atoms with E-state index >= 15 is 0 Å². The molecule has 0 aliphatic carbocycles. The van der Waals surface area contributed by atoms with Gasteiger partial charge in [0, 0.05) is 24.2 Å². The average molecular weight is 403 g/mol. The van der Waals surface area contributed by atoms with Crippen LogP contribution in [0.2, 0.25) is 0 Å². The van der Waals surface area contributed by atoms with Gasteiger partial charge in [0.05, 0.1) is 23.8 Å². The zero-order valence-electron chi connectivity index (χ0n) is 15.3. The molecule has 148 valence electrons. The average Bonchev–Trinajstić information content (AvgIpc) is 2.72. The molecule has 0 unspecified atom stereocenters. The molecule has 1 aliphatic heterocycles. The number of ether oxygens (including phenoxy) is 1. The minimum absolute atomic E-state index is 0.0516. The topological polar surface area (TPSA) is 108 Å². The summed E-state index contributed by atoms with van der Waals surface area (Å²) in [6, 6.07) is 12.3. The third-order valence-electron chi connectivity index (χ3n) is 4.29. The molecule has 3 rings (SSSR count). The van der Waals surface area contributed by atoms with Crippen LogP contribution in [-0.4, -0.2) is 55.8 Å². The van der Waals surface area contributed by atoms with E-state index in [0.29, 0.717) is 24.5 Å². The number of sulfonamides is 1. The van der Waals surface area contributed by atoms with Crippen LogP contribution >= 0.6 is 0 Å². The fourth-order valence-corrected chi connectivity index (χ4v) is 4.18. The SMILES string of the molecule is C/C(=N\NC(=O)c1cccc(S(=O)(=O)N2CCOCC2)c1)c1cccc(O)c1. The molecule has 2 aromatic rings. The van der Waals surface area contributed by atoms with Gasteiger partial charge in [-0.15, -0.1) is 0 Å². The van der Waals surface area contributed by atoms with Crippen molar-refractivity contribution in [2.45, 2.75) is 11.8 Å². The van der Waals surface area contributed by atoms with Gasteiger partial charge in [-0.05, 0) is 37.3 Å². The van der Waals surface area contributed by atoms with E-state index in [1.54, 1.807) is 19.1 Å². The summed E-state index contributed by atoms with van der Waals surface area (Å²) in [6.45, 7) is 2.96. The second-order valence-electron chi connectivity index (χ2n) is 6.23. The Balaban J connectivity index is 1.76. The second-order valence-corrected chi connectivity index (χ2v) is 8.17. The maximum atomic E-state index is 12.7. The first-order chi connectivity index (χ1) is 13.4. The van der Waals surface area contributed by atoms with Gasteiger partial charge in [-0.25, -0.2) is 13.8 Å². The fraction of sp³-hybridized carbons (Fsp3) is 0.263. The molecule has 1 fully saturated rings. The number of phenols is 1. The highest BCUT2D eigenvalue weighted by molar-refractivity contribution is 7.89. The van der Waals surface area contributed by atoms with Crippen LogP contribution in [0.15, 0.2) is 58.5 Å². The molecule has 9 heteroatoms. The van der Waals surface area contributed by atoms with E-state index in [0.717, 1.165) is 0 Å². The third kappa shape index (κ3) is 4.56. The van der Waals surface area contributed by atoms with Crippen LogP contribution in [0.4, 0.5) is 0 Å². The monoisotopic (exact) mass is 403 g/mol. The van der Waals surface area contributed by atoms with Crippen LogP contribution in [0.1, 0.15) is 22.8 Å². The van der Waals surface area contributed by atoms with E-state index in [1.165, 1.54) is 40.7 Å². The number of rotatable bonds is 5. The quantitative estimate of drug-likeness (QED) is 0.582. The lowest BCUT2D eigenvalue weighted by Gasteiger charge is -2.26. The summed E-state index contributed by atoms with van der Waals surface area (Å²) >= 11 is 0. The van der Waals surface area contributed by atoms with Gasteiger partial charge in [-0.1, -0.05) is 18.2 Å². The molecule has 28 heavy (non-hydrogen) atoms. The number of carbonyl (C=O) groups excluding carboxylic acids is 1. The van der Waals surface area contributed by atoms with E-state index < -0.39 is 15.9 Å². The number of benzene rings is 2. The molecule has 0 aromatic heterocycles. The predicted octanol–water partition coefficient (Wildman–Crippen LogP) is 1.57. The zero-order chi connectivity index (χ0) is 20.1. The fourth-order valence-electron chi connectivity index (χ4n) is 2.73. The molecular formula is C19H21N3O5S. The lowest BCUT2D eigenvalue weighted by molar-refractivity contribution is 0.0730. The Labute approximate surface area is 163 Å². The van der Waals surface area contributed by atoms with Crippen LogP contribution in [0, 0.1) is 0 Å². The Bertz CT molecular complexity index is 998. The van der Waals surface area contributed by atoms with Crippen LogP contribution in [-0.2, 0) is 14.8 Å². The number of carbonyl (C=O) groups is 1. The lowest BCUT2D eigenvalue weighted by Crippen LogP contribution is -2.40. The maximum Gasteiger partial charge on any atom is 0.271 e. The minimum atomic E-state index is -3.69. The van der Waals surface area contributed by atoms with Crippen molar-refractivity contribution in [3.05, 3.63) is 59.7 Å². The second kappa shape index (κ2) is 8.51. The van der Waals surface area contributed by atoms with E-state index in [2.05, 4.69) is 10.5 Å². The molecule has 0 radical (unpaired) electrons. The first kappa shape index (κ1) is 20.0. The van der Waals surface area contributed by atoms with Gasteiger partial charge >= 0.3 is 0 Å². The molecule has 8 nitrogen and oxygen atoms in total. The van der Waals surface area contributed by atoms with E-state index in [1.807, 2.05) is 0 Å². The van der Waals surface area contributed by atoms with Crippen LogP contribution < -0.4 is 5.43 Å². The summed E-state index contributed by atoms with van der Waals surface area (Å²) in [4.78, 5) is 12.5. The van der Waals surface area contributed by atoms with Crippen molar-refractivity contribution in [3.63, 3.8) is 0 Å². The maximum absolute atomic E-state index is 12.7. The molecule has 0 bridgehead atoms. The van der Waals surface area contributed by atoms with Gasteiger partial charge in [-0.2, -0.15) is 9.41 Å². The Morgan fingerprint density at radius 1 is 1.11 bits per heavy atom. The first-order valence-corrected chi connectivity index (χ1v) is 10.1. The normalized spacial score (nSPS) is 16.0. The molecule has 2 aromatic carbocycles. The molecular weight excluding hydrogens is 382 g/mol. The van der Waals surface area contributed by atoms with E-state index in [9.17, 15) is 18.3 Å². The number of nitrogens with zero attached hydrogens (tertiary/aromatic N) is 2. The molecule has 1 heterocycles. The van der Waals surface area contributed by atoms with Gasteiger partial charge in [0.1, 0.15) is 5.75 Å². The predicted molar refractivity (Wildman–Crippen MR) is 104 cm³/mol. The molecule has 2 N–H and O–H groups in total. The van der Waals surface area contributed by atoms with Crippen molar-refractivity contribution in [2.75, 3.05) is 26.3 Å². The zero-order valence-corrected chi connectivity index (χ0v) is 16.1. The molecule has 1 saturated heterocycles. The smallest absolute Gasteiger partial charge is 0.271 e. The number of hydrogen-bond acceptors (Lipinski definition) is 6. The highest BCUT2D eigenvalue weighted by Gasteiger charge is 2.26. The van der Waals surface area contributed by atoms with Crippen molar-refractivity contribution in [3.8, 4) is 5.75 Å². The molecule has 0 spiro atoms. The largest absolute Gasteiger partial charge is 0.508 e. The Morgan fingerprint density at radius 3 is 2.50 bits per heavy atom. The number of phenolic OH excluding ortho intramolecular Hbond substituents is 1. The molecule has 1 aliphatic rings. The number of hydrogen-bond donors (Lipinski definition) is 2. The summed E-state index contributed by atoms with van der Waals surface area (Å²) in [5.41, 5.74) is 3.75. The number of morpholine rings is 1. The van der Waals surface area contributed by atoms with Gasteiger partial charge in [0.15, 0.2) is 0 Å². The summed E-state index contributed by atoms with van der Waals surface area (Å²) in [6.07, 6.45) is 0. The van der Waals surface area contributed by atoms with Crippen LogP contribution in [0.5, 0.6) is 5.75 Å². The molecule has 1 amide bonds. The van der Waals surface area contributed by atoms with E-state index in [4.69, 9.17) is 4.74 Å². The van der Waals surface area contributed by atoms with Crippen molar-refractivity contribution in [1.29, 1.82) is 0 Å². The van der Waals surface area contributed by atoms with E-state index in [-0.39, 0.29) is 29.3 Å². The Morgan fingerprint density at radius 2 is 1.79 bits per heavy atom. The molecule has 0 atom stereocenters. The lowest BCUT2D eigenvalue weighted by atomic mass is 10.1. The number of aromatic hydroxyl groups is 1. The number of nitrogens with one attached hydrogen (secondary N) is 1. The number of amides is 1. The Hall–Kier alpha value is -2.75. The van der Waals surface area contributed by atoms with Gasteiger partial charge in [0.25, 0.3) is 5.91 Å². The third-order valence-corrected chi connectivity index (χ3v) is 6.19. The summed E-state index contributed by atoms with van der Waals surface area (Å²) < 4.78 is 32.0. The minimum Gasteiger partial charge on any atom is -0.508 e. The Kier molecular flexibility index (Phi) is 6.08. The first-order valence-electron chi connectivity index (χ1n) is 8.70. The van der Waals surface area contributed by atoms with Gasteiger partial charge in [0.2, 0.25) is 10.0 Å².